The van der Waals surface area contributed by atoms with Gasteiger partial charge in [-0.25, -0.2) is 0 Å². The van der Waals surface area contributed by atoms with E-state index in [0.717, 1.165) is 34.6 Å². The predicted octanol–water partition coefficient (Wildman–Crippen LogP) is 6.65. The fourth-order valence-corrected chi connectivity index (χ4v) is 4.75. The molecule has 3 atom stereocenters. The van der Waals surface area contributed by atoms with E-state index >= 15 is 0 Å². The number of para-hydroxylation sites is 2. The minimum atomic E-state index is -0.261. The molecule has 150 valence electrons. The van der Waals surface area contributed by atoms with Crippen LogP contribution >= 0.6 is 11.6 Å². The number of fused-ring (bicyclic) bond motifs is 2. The molecule has 0 unspecified atom stereocenters. The van der Waals surface area contributed by atoms with Gasteiger partial charge in [0.15, 0.2) is 0 Å². The van der Waals surface area contributed by atoms with E-state index < -0.39 is 0 Å². The van der Waals surface area contributed by atoms with Crippen molar-refractivity contribution in [2.24, 2.45) is 10.9 Å². The van der Waals surface area contributed by atoms with Gasteiger partial charge in [0, 0.05) is 17.2 Å². The Balaban J connectivity index is 1.58. The van der Waals surface area contributed by atoms with Gasteiger partial charge in [0.1, 0.15) is 5.78 Å². The lowest BCUT2D eigenvalue weighted by molar-refractivity contribution is -0.122. The van der Waals surface area contributed by atoms with Gasteiger partial charge in [-0.15, -0.1) is 0 Å². The Kier molecular flexibility index (Phi) is 4.92. The van der Waals surface area contributed by atoms with Gasteiger partial charge < -0.3 is 5.32 Å². The van der Waals surface area contributed by atoms with E-state index in [9.17, 15) is 4.79 Å². The molecule has 3 nitrogen and oxygen atoms in total. The van der Waals surface area contributed by atoms with Crippen molar-refractivity contribution in [2.45, 2.75) is 31.7 Å². The summed E-state index contributed by atoms with van der Waals surface area (Å²) in [5, 5.41) is 4.35. The number of benzene rings is 3. The van der Waals surface area contributed by atoms with Gasteiger partial charge in [0.25, 0.3) is 0 Å². The molecular weight excluding hydrogens is 392 g/mol. The highest BCUT2D eigenvalue weighted by molar-refractivity contribution is 6.30. The van der Waals surface area contributed by atoms with Gasteiger partial charge in [-0.05, 0) is 54.7 Å². The van der Waals surface area contributed by atoms with Crippen molar-refractivity contribution in [1.82, 2.24) is 0 Å². The highest BCUT2D eigenvalue weighted by Crippen LogP contribution is 2.44. The second-order valence-corrected chi connectivity index (χ2v) is 8.69. The molecular formula is C26H23ClN2O. The maximum Gasteiger partial charge on any atom is 0.144 e. The quantitative estimate of drug-likeness (QED) is 0.510. The molecule has 5 rings (SSSR count). The van der Waals surface area contributed by atoms with E-state index in [1.165, 1.54) is 5.56 Å². The average Bonchev–Trinajstić information content (AvgIpc) is 2.91. The number of nitrogens with one attached hydrogen (secondary N) is 1. The Labute approximate surface area is 181 Å². The first-order chi connectivity index (χ1) is 14.6. The van der Waals surface area contributed by atoms with Gasteiger partial charge in [-0.3, -0.25) is 9.79 Å². The Morgan fingerprint density at radius 2 is 1.60 bits per heavy atom. The maximum atomic E-state index is 13.5. The summed E-state index contributed by atoms with van der Waals surface area (Å²) < 4.78 is 0. The maximum absolute atomic E-state index is 13.5. The molecule has 0 radical (unpaired) electrons. The number of anilines is 1. The standard InChI is InChI=1S/C26H23ClN2O/c1-16-6-8-18(9-7-16)26-25-23(28-21-4-2-3-5-22(21)29-26)14-19(15-24(25)30)17-10-12-20(27)13-11-17/h2-13,19,25-26,29H,14-15H2,1H3/t19-,25-,26-/m0/s1. The molecule has 0 amide bonds. The van der Waals surface area contributed by atoms with Gasteiger partial charge in [0.2, 0.25) is 0 Å². The number of aryl methyl sites for hydroxylation is 1. The zero-order valence-electron chi connectivity index (χ0n) is 16.8. The lowest BCUT2D eigenvalue weighted by atomic mass is 9.72. The molecule has 0 spiro atoms. The first-order valence-electron chi connectivity index (χ1n) is 10.4. The van der Waals surface area contributed by atoms with Gasteiger partial charge >= 0.3 is 0 Å². The molecule has 1 aliphatic heterocycles. The first-order valence-corrected chi connectivity index (χ1v) is 10.7. The van der Waals surface area contributed by atoms with Gasteiger partial charge in [-0.1, -0.05) is 65.7 Å². The van der Waals surface area contributed by atoms with Crippen LogP contribution in [0, 0.1) is 12.8 Å². The van der Waals surface area contributed by atoms with Crippen LogP contribution in [-0.4, -0.2) is 11.5 Å². The number of hydrogen-bond acceptors (Lipinski definition) is 3. The summed E-state index contributed by atoms with van der Waals surface area (Å²) in [6.07, 6.45) is 1.29. The molecule has 1 fully saturated rings. The van der Waals surface area contributed by atoms with E-state index in [0.29, 0.717) is 11.4 Å². The summed E-state index contributed by atoms with van der Waals surface area (Å²) in [6.45, 7) is 2.08. The second kappa shape index (κ2) is 7.73. The average molecular weight is 415 g/mol. The number of nitrogens with zero attached hydrogens (tertiary/aromatic N) is 1. The van der Waals surface area contributed by atoms with E-state index in [-0.39, 0.29) is 23.7 Å². The van der Waals surface area contributed by atoms with Crippen LogP contribution in [0.4, 0.5) is 11.4 Å². The van der Waals surface area contributed by atoms with Crippen molar-refractivity contribution < 1.29 is 4.79 Å². The van der Waals surface area contributed by atoms with Crippen LogP contribution < -0.4 is 5.32 Å². The number of rotatable bonds is 2. The Bertz CT molecular complexity index is 1120. The zero-order valence-corrected chi connectivity index (χ0v) is 17.6. The Morgan fingerprint density at radius 1 is 0.900 bits per heavy atom. The number of carbonyl (C=O) groups is 1. The monoisotopic (exact) mass is 414 g/mol. The fraction of sp³-hybridized carbons (Fsp3) is 0.231. The zero-order chi connectivity index (χ0) is 20.7. The molecule has 1 heterocycles. The molecule has 3 aromatic rings. The van der Waals surface area contributed by atoms with Crippen LogP contribution in [0.2, 0.25) is 5.02 Å². The predicted molar refractivity (Wildman–Crippen MR) is 123 cm³/mol. The minimum Gasteiger partial charge on any atom is -0.375 e. The second-order valence-electron chi connectivity index (χ2n) is 8.25. The molecule has 1 saturated carbocycles. The van der Waals surface area contributed by atoms with E-state index in [2.05, 4.69) is 36.5 Å². The van der Waals surface area contributed by atoms with Gasteiger partial charge in [0.05, 0.1) is 23.3 Å². The van der Waals surface area contributed by atoms with Crippen LogP contribution in [0.5, 0.6) is 0 Å². The summed E-state index contributed by atoms with van der Waals surface area (Å²) in [4.78, 5) is 18.5. The van der Waals surface area contributed by atoms with Crippen molar-refractivity contribution in [1.29, 1.82) is 0 Å². The molecule has 0 aromatic heterocycles. The van der Waals surface area contributed by atoms with Crippen molar-refractivity contribution in [3.63, 3.8) is 0 Å². The molecule has 0 saturated heterocycles. The summed E-state index contributed by atoms with van der Waals surface area (Å²) in [5.41, 5.74) is 6.31. The van der Waals surface area contributed by atoms with Gasteiger partial charge in [-0.2, -0.15) is 0 Å². The number of halogens is 1. The number of aliphatic imine (C=N–C) groups is 1. The van der Waals surface area contributed by atoms with Crippen molar-refractivity contribution in [2.75, 3.05) is 5.32 Å². The Hall–Kier alpha value is -2.91. The number of Topliss-reactive ketones (excluding diaryl/α,β-unsaturated/α-hetero) is 1. The van der Waals surface area contributed by atoms with Crippen LogP contribution in [0.3, 0.4) is 0 Å². The topological polar surface area (TPSA) is 41.5 Å². The lowest BCUT2D eigenvalue weighted by Crippen LogP contribution is -2.38. The molecule has 4 heteroatoms. The van der Waals surface area contributed by atoms with Crippen molar-refractivity contribution in [3.05, 3.63) is 94.5 Å². The largest absolute Gasteiger partial charge is 0.375 e. The summed E-state index contributed by atoms with van der Waals surface area (Å²) in [7, 11) is 0. The summed E-state index contributed by atoms with van der Waals surface area (Å²) in [6, 6.07) is 24.2. The smallest absolute Gasteiger partial charge is 0.144 e. The van der Waals surface area contributed by atoms with Crippen molar-refractivity contribution in [3.8, 4) is 0 Å². The third-order valence-corrected chi connectivity index (χ3v) is 6.45. The molecule has 3 aromatic carbocycles. The normalized spacial score (nSPS) is 22.9. The molecule has 1 aliphatic carbocycles. The first kappa shape index (κ1) is 19.1. The van der Waals surface area contributed by atoms with Crippen LogP contribution in [0.15, 0.2) is 77.8 Å². The van der Waals surface area contributed by atoms with Crippen LogP contribution in [0.1, 0.15) is 41.5 Å². The third-order valence-electron chi connectivity index (χ3n) is 6.20. The Morgan fingerprint density at radius 3 is 2.37 bits per heavy atom. The molecule has 2 aliphatic rings. The molecule has 30 heavy (non-hydrogen) atoms. The van der Waals surface area contributed by atoms with Crippen molar-refractivity contribution >= 4 is 34.5 Å². The van der Waals surface area contributed by atoms with E-state index in [1.54, 1.807) is 0 Å². The molecule has 1 N–H and O–H groups in total. The summed E-state index contributed by atoms with van der Waals surface area (Å²) in [5.74, 6) is 0.114. The summed E-state index contributed by atoms with van der Waals surface area (Å²) >= 11 is 6.07. The van der Waals surface area contributed by atoms with E-state index in [1.807, 2.05) is 48.5 Å². The van der Waals surface area contributed by atoms with Crippen LogP contribution in [-0.2, 0) is 4.79 Å². The highest BCUT2D eigenvalue weighted by atomic mass is 35.5. The fourth-order valence-electron chi connectivity index (χ4n) is 4.62. The third kappa shape index (κ3) is 3.54. The van der Waals surface area contributed by atoms with Crippen LogP contribution in [0.25, 0.3) is 0 Å². The van der Waals surface area contributed by atoms with E-state index in [4.69, 9.17) is 16.6 Å². The minimum absolute atomic E-state index is 0.119. The lowest BCUT2D eigenvalue weighted by Gasteiger charge is -2.34. The molecule has 0 bridgehead atoms. The number of ketones is 1. The number of hydrogen-bond donors (Lipinski definition) is 1. The number of carbonyl (C=O) groups excluding carboxylic acids is 1. The SMILES string of the molecule is Cc1ccc([C@@H]2Nc3ccccc3N=C3C[C@H](c4ccc(Cl)cc4)CC(=O)[C@H]32)cc1. The highest BCUT2D eigenvalue weighted by Gasteiger charge is 2.41.